The molecule has 37 heavy (non-hydrogen) atoms. The first-order valence-electron chi connectivity index (χ1n) is 11.5. The van der Waals surface area contributed by atoms with Crippen molar-refractivity contribution >= 4 is 53.0 Å². The van der Waals surface area contributed by atoms with Crippen LogP contribution in [0.5, 0.6) is 11.5 Å². The summed E-state index contributed by atoms with van der Waals surface area (Å²) in [6.07, 6.45) is 3.36. The summed E-state index contributed by atoms with van der Waals surface area (Å²) in [5.74, 6) is 2.50. The highest BCUT2D eigenvalue weighted by Gasteiger charge is 2.24. The van der Waals surface area contributed by atoms with E-state index < -0.39 is 7.91 Å². The zero-order valence-corrected chi connectivity index (χ0v) is 21.3. The van der Waals surface area contributed by atoms with Gasteiger partial charge in [0, 0.05) is 39.4 Å². The molecule has 2 aliphatic heterocycles. The lowest BCUT2D eigenvalue weighted by Crippen LogP contribution is -2.48. The van der Waals surface area contributed by atoms with E-state index in [1.165, 1.54) is 5.56 Å². The summed E-state index contributed by atoms with van der Waals surface area (Å²) in [5.41, 5.74) is 3.68. The molecule has 0 saturated carbocycles. The number of furan rings is 1. The van der Waals surface area contributed by atoms with Crippen molar-refractivity contribution in [1.29, 1.82) is 0 Å². The van der Waals surface area contributed by atoms with Gasteiger partial charge in [-0.25, -0.2) is 24.4 Å². The lowest BCUT2D eigenvalue weighted by Gasteiger charge is -2.36. The lowest BCUT2D eigenvalue weighted by molar-refractivity contribution is -0.132. The number of ether oxygens (including phenoxy) is 2. The third-order valence-corrected chi connectivity index (χ3v) is 6.80. The predicted molar refractivity (Wildman–Crippen MR) is 141 cm³/mol. The van der Waals surface area contributed by atoms with E-state index in [1.807, 2.05) is 30.3 Å². The molecule has 0 radical (unpaired) electrons. The Kier molecular flexibility index (Phi) is 7.61. The Morgan fingerprint density at radius 3 is 2.62 bits per heavy atom. The molecule has 1 saturated heterocycles. The number of fused-ring (bicyclic) bond motifs is 4. The summed E-state index contributed by atoms with van der Waals surface area (Å²) in [6.45, 7) is 3.71. The van der Waals surface area contributed by atoms with Crippen molar-refractivity contribution in [2.45, 2.75) is 12.8 Å². The second kappa shape index (κ2) is 11.2. The molecule has 2 aliphatic rings. The van der Waals surface area contributed by atoms with Crippen LogP contribution < -0.4 is 14.4 Å². The number of anilines is 1. The van der Waals surface area contributed by atoms with E-state index in [2.05, 4.69) is 36.6 Å². The first-order chi connectivity index (χ1) is 18.0. The molecule has 0 spiro atoms. The molecule has 0 unspecified atom stereocenters. The van der Waals surface area contributed by atoms with Gasteiger partial charge in [0.05, 0.1) is 4.99 Å². The zero-order chi connectivity index (χ0) is 25.8. The minimum atomic E-state index is -3.04. The number of para-hydroxylation sites is 1. The molecule has 11 nitrogen and oxygen atoms in total. The second-order valence-electron chi connectivity index (χ2n) is 8.33. The van der Waals surface area contributed by atoms with Gasteiger partial charge in [-0.2, -0.15) is 0 Å². The monoisotopic (exact) mass is 544 g/mol. The van der Waals surface area contributed by atoms with Crippen LogP contribution in [0.1, 0.15) is 13.4 Å². The maximum Gasteiger partial charge on any atom is 0.496 e. The summed E-state index contributed by atoms with van der Waals surface area (Å²) in [6, 6.07) is 14.1. The minimum Gasteiger partial charge on any atom is -0.454 e. The van der Waals surface area contributed by atoms with Gasteiger partial charge in [0.2, 0.25) is 6.79 Å². The van der Waals surface area contributed by atoms with E-state index in [0.29, 0.717) is 6.79 Å². The molecule has 2 aromatic heterocycles. The lowest BCUT2D eigenvalue weighted by atomic mass is 10.1. The molecule has 0 amide bonds. The van der Waals surface area contributed by atoms with E-state index in [0.717, 1.165) is 83.4 Å². The second-order valence-corrected chi connectivity index (χ2v) is 9.42. The van der Waals surface area contributed by atoms with Crippen LogP contribution in [-0.4, -0.2) is 58.1 Å². The van der Waals surface area contributed by atoms with Gasteiger partial charge < -0.3 is 23.7 Å². The number of rotatable bonds is 5. The number of piperazine rings is 1. The van der Waals surface area contributed by atoms with Crippen molar-refractivity contribution in [3.05, 3.63) is 54.4 Å². The van der Waals surface area contributed by atoms with Crippen molar-refractivity contribution in [2.75, 3.05) is 37.9 Å². The fraction of sp³-hybridized carbons (Fsp3) is 0.292. The first kappa shape index (κ1) is 25.1. The fourth-order valence-electron chi connectivity index (χ4n) is 4.41. The number of aromatic nitrogens is 2. The average molecular weight is 545 g/mol. The van der Waals surface area contributed by atoms with Crippen molar-refractivity contribution in [2.24, 2.45) is 0 Å². The molecule has 1 N–H and O–H groups in total. The van der Waals surface area contributed by atoms with E-state index in [9.17, 15) is 0 Å². The van der Waals surface area contributed by atoms with Gasteiger partial charge in [0.1, 0.15) is 17.4 Å². The Hall–Kier alpha value is -3.57. The predicted octanol–water partition coefficient (Wildman–Crippen LogP) is 5.00. The molecular weight excluding hydrogens is 519 g/mol. The van der Waals surface area contributed by atoms with Crippen molar-refractivity contribution < 1.29 is 34.4 Å². The summed E-state index contributed by atoms with van der Waals surface area (Å²) < 4.78 is 37.5. The highest BCUT2D eigenvalue weighted by molar-refractivity contribution is 7.80. The van der Waals surface area contributed by atoms with Gasteiger partial charge in [0.15, 0.2) is 22.9 Å². The average Bonchev–Trinajstić information content (AvgIpc) is 3.56. The molecule has 0 aliphatic carbocycles. The molecule has 0 atom stereocenters. The third kappa shape index (κ3) is 5.57. The zero-order valence-electron chi connectivity index (χ0n) is 19.6. The molecule has 0 bridgehead atoms. The van der Waals surface area contributed by atoms with Crippen molar-refractivity contribution in [3.63, 3.8) is 0 Å². The van der Waals surface area contributed by atoms with Crippen LogP contribution in [0.4, 0.5) is 5.82 Å². The van der Waals surface area contributed by atoms with Crippen LogP contribution in [0, 0.1) is 0 Å². The number of aryl methyl sites for hydroxylation is 1. The molecule has 6 rings (SSSR count). The van der Waals surface area contributed by atoms with Crippen LogP contribution >= 0.6 is 20.1 Å². The molecule has 13 heteroatoms. The molecule has 4 aromatic rings. The maximum absolute atomic E-state index is 8.93. The van der Waals surface area contributed by atoms with Gasteiger partial charge in [-0.15, -0.1) is 4.67 Å². The molecule has 2 aromatic carbocycles. The Morgan fingerprint density at radius 1 is 1.08 bits per heavy atom. The van der Waals surface area contributed by atoms with Crippen LogP contribution in [0.2, 0.25) is 0 Å². The van der Waals surface area contributed by atoms with Crippen molar-refractivity contribution in [1.82, 2.24) is 14.9 Å². The van der Waals surface area contributed by atoms with E-state index in [1.54, 1.807) is 6.33 Å². The smallest absolute Gasteiger partial charge is 0.454 e. The van der Waals surface area contributed by atoms with E-state index >= 15 is 0 Å². The largest absolute Gasteiger partial charge is 0.496 e. The standard InChI is InChI=1S/C24H22N4O3S.HO4P.H2/c32-21(8-6-16-5-7-19-20(13-16)30-15-29-19)27-9-11-28(12-10-27)24-23-22(25-14-26-24)17-3-1-2-4-18(17)31-23;1-4-5(2)3;/h1-5,7,13-14H,6,8-12,15H2;1H;1H. The minimum absolute atomic E-state index is 0. The van der Waals surface area contributed by atoms with Crippen molar-refractivity contribution in [3.8, 4) is 11.5 Å². The van der Waals surface area contributed by atoms with Crippen LogP contribution in [0.25, 0.3) is 22.1 Å². The quantitative estimate of drug-likeness (QED) is 0.157. The van der Waals surface area contributed by atoms with Gasteiger partial charge in [-0.05, 0) is 36.2 Å². The van der Waals surface area contributed by atoms with Crippen LogP contribution in [0.15, 0.2) is 53.2 Å². The highest BCUT2D eigenvalue weighted by Crippen LogP contribution is 2.34. The van der Waals surface area contributed by atoms with Crippen LogP contribution in [-0.2, 0) is 20.2 Å². The number of hydrogen-bond acceptors (Lipinski definition) is 11. The highest BCUT2D eigenvalue weighted by atomic mass is 32.1. The van der Waals surface area contributed by atoms with E-state index in [-0.39, 0.29) is 1.43 Å². The Bertz CT molecular complexity index is 1500. The normalized spacial score (nSPS) is 14.5. The molecular formula is C24H25N4O7PS. The third-order valence-electron chi connectivity index (χ3n) is 6.20. The number of benzene rings is 2. The summed E-state index contributed by atoms with van der Waals surface area (Å²) in [4.78, 5) is 14.6. The van der Waals surface area contributed by atoms with Gasteiger partial charge in [-0.1, -0.05) is 30.4 Å². The van der Waals surface area contributed by atoms with Gasteiger partial charge in [0.25, 0.3) is 0 Å². The topological polar surface area (TPSA) is 127 Å². The Balaban J connectivity index is 0.000000516. The van der Waals surface area contributed by atoms with Gasteiger partial charge in [-0.3, -0.25) is 0 Å². The Labute approximate surface area is 218 Å². The van der Waals surface area contributed by atoms with Crippen LogP contribution in [0.3, 0.4) is 0 Å². The summed E-state index contributed by atoms with van der Waals surface area (Å²) in [5, 5.41) is 8.07. The van der Waals surface area contributed by atoms with E-state index in [4.69, 9.17) is 40.5 Å². The molecule has 1 fully saturated rings. The number of nitrogens with zero attached hydrogens (tertiary/aromatic N) is 4. The maximum atomic E-state index is 8.93. The first-order valence-corrected chi connectivity index (χ1v) is 13.0. The number of thiocarbonyl (C=S) groups is 1. The Morgan fingerprint density at radius 2 is 1.84 bits per heavy atom. The summed E-state index contributed by atoms with van der Waals surface area (Å²) >= 11 is 5.76. The summed E-state index contributed by atoms with van der Waals surface area (Å²) in [7, 11) is -3.04. The number of hydrogen-bond donors (Lipinski definition) is 1. The van der Waals surface area contributed by atoms with Gasteiger partial charge >= 0.3 is 7.91 Å². The SMILES string of the molecule is O=P(=O)OO.S=C(CCc1ccc2c(c1)OCO2)N1CCN(c2ncnc3c2oc2ccccc23)CC1.[HH]. The molecule has 4 heterocycles. The molecule has 194 valence electrons. The fourth-order valence-corrected chi connectivity index (χ4v) is 4.69.